The van der Waals surface area contributed by atoms with Gasteiger partial charge in [-0.15, -0.1) is 0 Å². The Bertz CT molecular complexity index is 4130. The molecule has 0 fully saturated rings. The second kappa shape index (κ2) is 17.4. The lowest BCUT2D eigenvalue weighted by Crippen LogP contribution is -2.28. The van der Waals surface area contributed by atoms with Crippen molar-refractivity contribution in [3.8, 4) is 55.6 Å². The summed E-state index contributed by atoms with van der Waals surface area (Å²) in [5.74, 6) is 0. The number of fused-ring (bicyclic) bond motifs is 7. The van der Waals surface area contributed by atoms with Crippen LogP contribution in [0.2, 0.25) is 0 Å². The molecule has 0 spiro atoms. The fraction of sp³-hybridized carbons (Fsp3) is 0.0141. The number of hydrogen-bond donors (Lipinski definition) is 0. The molecule has 0 saturated heterocycles. The van der Waals surface area contributed by atoms with Crippen LogP contribution in [-0.2, 0) is 5.41 Å². The lowest BCUT2D eigenvalue weighted by molar-refractivity contribution is 0.669. The molecule has 0 N–H and O–H groups in total. The number of furan rings is 1. The third kappa shape index (κ3) is 6.94. The Kier molecular flexibility index (Phi) is 10.1. The minimum absolute atomic E-state index is 0.486. The molecule has 0 unspecified atom stereocenters. The van der Waals surface area contributed by atoms with Crippen LogP contribution in [0.15, 0.2) is 290 Å². The van der Waals surface area contributed by atoms with Gasteiger partial charge in [-0.3, -0.25) is 0 Å². The van der Waals surface area contributed by atoms with E-state index in [-0.39, 0.29) is 0 Å². The van der Waals surface area contributed by atoms with Gasteiger partial charge in [-0.1, -0.05) is 231 Å². The highest BCUT2D eigenvalue weighted by Gasteiger charge is 2.46. The summed E-state index contributed by atoms with van der Waals surface area (Å²) in [7, 11) is 0. The van der Waals surface area contributed by atoms with Crippen molar-refractivity contribution in [2.45, 2.75) is 5.41 Å². The van der Waals surface area contributed by atoms with Crippen molar-refractivity contribution in [2.75, 3.05) is 4.90 Å². The Balaban J connectivity index is 0.905. The number of anilines is 3. The number of nitrogens with zero attached hydrogens (tertiary/aromatic N) is 1. The summed E-state index contributed by atoms with van der Waals surface area (Å²) < 4.78 is 6.33. The molecule has 0 amide bonds. The van der Waals surface area contributed by atoms with Crippen molar-refractivity contribution in [3.63, 3.8) is 0 Å². The summed E-state index contributed by atoms with van der Waals surface area (Å²) in [5.41, 5.74) is 21.6. The standard InChI is InChI=1S/C71H47NO/c1-4-18-49(19-5-1)58-44-45-59(62-27-11-10-26-61(58)62)50-36-41-56(42-37-50)72(55-39-34-48(35-40-55)51-38-43-64-63-28-13-15-33-68(63)73-69(64)47-51)57-25-16-20-52(46-57)60-30-17-32-67-70(60)65-29-12-14-31-66(65)71(67,53-21-6-2-7-22-53)54-23-8-3-9-24-54/h1-47H. The summed E-state index contributed by atoms with van der Waals surface area (Å²) in [6.45, 7) is 0. The van der Waals surface area contributed by atoms with Gasteiger partial charge in [-0.2, -0.15) is 0 Å². The Morgan fingerprint density at radius 2 is 0.753 bits per heavy atom. The molecule has 1 aromatic heterocycles. The van der Waals surface area contributed by atoms with Gasteiger partial charge in [-0.05, 0) is 143 Å². The maximum atomic E-state index is 6.33. The van der Waals surface area contributed by atoms with Crippen LogP contribution in [0.1, 0.15) is 22.3 Å². The summed E-state index contributed by atoms with van der Waals surface area (Å²) in [5, 5.41) is 4.74. The molecule has 2 heteroatoms. The van der Waals surface area contributed by atoms with E-state index in [9.17, 15) is 0 Å². The van der Waals surface area contributed by atoms with Crippen LogP contribution in [0.4, 0.5) is 17.1 Å². The maximum Gasteiger partial charge on any atom is 0.136 e. The molecule has 13 aromatic rings. The molecule has 73 heavy (non-hydrogen) atoms. The van der Waals surface area contributed by atoms with E-state index in [0.29, 0.717) is 0 Å². The smallest absolute Gasteiger partial charge is 0.136 e. The zero-order valence-electron chi connectivity index (χ0n) is 40.0. The van der Waals surface area contributed by atoms with Crippen LogP contribution in [0.25, 0.3) is 88.3 Å². The van der Waals surface area contributed by atoms with Gasteiger partial charge in [0.1, 0.15) is 11.2 Å². The van der Waals surface area contributed by atoms with Crippen molar-refractivity contribution in [2.24, 2.45) is 0 Å². The van der Waals surface area contributed by atoms with Gasteiger partial charge in [0.15, 0.2) is 0 Å². The van der Waals surface area contributed by atoms with Crippen molar-refractivity contribution < 1.29 is 4.42 Å². The normalized spacial score (nSPS) is 12.5. The minimum Gasteiger partial charge on any atom is -0.456 e. The highest BCUT2D eigenvalue weighted by atomic mass is 16.3. The average Bonchev–Trinajstić information content (AvgIpc) is 4.00. The molecular formula is C71H47NO. The van der Waals surface area contributed by atoms with Crippen LogP contribution in [0.5, 0.6) is 0 Å². The van der Waals surface area contributed by atoms with Crippen LogP contribution in [0, 0.1) is 0 Å². The van der Waals surface area contributed by atoms with E-state index in [4.69, 9.17) is 4.42 Å². The first-order valence-corrected chi connectivity index (χ1v) is 25.2. The molecular weight excluding hydrogens is 883 g/mol. The van der Waals surface area contributed by atoms with E-state index >= 15 is 0 Å². The van der Waals surface area contributed by atoms with Gasteiger partial charge in [0.25, 0.3) is 0 Å². The molecule has 1 heterocycles. The Hall–Kier alpha value is -9.50. The molecule has 0 bridgehead atoms. The molecule has 12 aromatic carbocycles. The highest BCUT2D eigenvalue weighted by molar-refractivity contribution is 6.07. The molecule has 0 radical (unpaired) electrons. The van der Waals surface area contributed by atoms with Gasteiger partial charge < -0.3 is 9.32 Å². The summed E-state index contributed by atoms with van der Waals surface area (Å²) in [6.07, 6.45) is 0. The zero-order valence-corrected chi connectivity index (χ0v) is 40.0. The maximum absolute atomic E-state index is 6.33. The quantitative estimate of drug-likeness (QED) is 0.143. The molecule has 342 valence electrons. The molecule has 0 aliphatic heterocycles. The van der Waals surface area contributed by atoms with E-state index in [1.165, 1.54) is 72.0 Å². The second-order valence-electron chi connectivity index (χ2n) is 19.1. The van der Waals surface area contributed by atoms with Crippen molar-refractivity contribution in [3.05, 3.63) is 307 Å². The molecule has 2 nitrogen and oxygen atoms in total. The first-order chi connectivity index (χ1) is 36.2. The van der Waals surface area contributed by atoms with E-state index < -0.39 is 5.41 Å². The number of rotatable bonds is 9. The van der Waals surface area contributed by atoms with E-state index in [2.05, 4.69) is 278 Å². The first kappa shape index (κ1) is 42.4. The van der Waals surface area contributed by atoms with Crippen LogP contribution < -0.4 is 4.90 Å². The minimum atomic E-state index is -0.486. The predicted molar refractivity (Wildman–Crippen MR) is 305 cm³/mol. The van der Waals surface area contributed by atoms with E-state index in [1.807, 2.05) is 12.1 Å². The molecule has 1 aliphatic carbocycles. The lowest BCUT2D eigenvalue weighted by atomic mass is 9.67. The SMILES string of the molecule is c1ccc(-c2ccc(-c3ccc(N(c4ccc(-c5ccc6c(c5)oc5ccccc56)cc4)c4cccc(-c5cccc6c5-c5ccccc5C6(c5ccccc5)c5ccccc5)c4)cc3)c3ccccc23)cc1. The molecule has 0 saturated carbocycles. The summed E-state index contributed by atoms with van der Waals surface area (Å²) >= 11 is 0. The van der Waals surface area contributed by atoms with E-state index in [0.717, 1.165) is 55.7 Å². The average molecular weight is 930 g/mol. The number of hydrogen-bond acceptors (Lipinski definition) is 2. The lowest BCUT2D eigenvalue weighted by Gasteiger charge is -2.34. The Morgan fingerprint density at radius 1 is 0.260 bits per heavy atom. The van der Waals surface area contributed by atoms with Gasteiger partial charge in [0.05, 0.1) is 5.41 Å². The molecule has 14 rings (SSSR count). The van der Waals surface area contributed by atoms with Gasteiger partial charge in [-0.25, -0.2) is 0 Å². The third-order valence-corrected chi connectivity index (χ3v) is 15.2. The van der Waals surface area contributed by atoms with Gasteiger partial charge in [0.2, 0.25) is 0 Å². The Morgan fingerprint density at radius 3 is 1.44 bits per heavy atom. The zero-order chi connectivity index (χ0) is 48.3. The molecule has 1 aliphatic rings. The second-order valence-corrected chi connectivity index (χ2v) is 19.1. The first-order valence-electron chi connectivity index (χ1n) is 25.2. The highest BCUT2D eigenvalue weighted by Crippen LogP contribution is 2.58. The predicted octanol–water partition coefficient (Wildman–Crippen LogP) is 19.2. The van der Waals surface area contributed by atoms with Gasteiger partial charge in [0, 0.05) is 27.8 Å². The van der Waals surface area contributed by atoms with Gasteiger partial charge >= 0.3 is 0 Å². The number of benzene rings is 12. The third-order valence-electron chi connectivity index (χ3n) is 15.2. The Labute approximate surface area is 425 Å². The van der Waals surface area contributed by atoms with Crippen molar-refractivity contribution in [1.29, 1.82) is 0 Å². The monoisotopic (exact) mass is 929 g/mol. The van der Waals surface area contributed by atoms with Crippen LogP contribution in [0.3, 0.4) is 0 Å². The fourth-order valence-electron chi connectivity index (χ4n) is 11.9. The van der Waals surface area contributed by atoms with Crippen molar-refractivity contribution >= 4 is 49.8 Å². The summed E-state index contributed by atoms with van der Waals surface area (Å²) in [4.78, 5) is 2.39. The topological polar surface area (TPSA) is 16.4 Å². The summed E-state index contributed by atoms with van der Waals surface area (Å²) in [6, 6.07) is 104. The largest absolute Gasteiger partial charge is 0.456 e. The van der Waals surface area contributed by atoms with Crippen molar-refractivity contribution in [1.82, 2.24) is 0 Å². The van der Waals surface area contributed by atoms with Crippen LogP contribution in [-0.4, -0.2) is 0 Å². The van der Waals surface area contributed by atoms with E-state index in [1.54, 1.807) is 0 Å². The number of para-hydroxylation sites is 1. The molecule has 0 atom stereocenters. The fourth-order valence-corrected chi connectivity index (χ4v) is 11.9. The van der Waals surface area contributed by atoms with Crippen LogP contribution >= 0.6 is 0 Å².